The smallest absolute Gasteiger partial charge is 0.347 e. The molecule has 4 nitrogen and oxygen atoms in total. The third-order valence-corrected chi connectivity index (χ3v) is 3.81. The molecule has 0 N–H and O–H groups in total. The van der Waals surface area contributed by atoms with Crippen molar-refractivity contribution >= 4 is 7.60 Å². The second kappa shape index (κ2) is 5.13. The van der Waals surface area contributed by atoms with Gasteiger partial charge in [0.05, 0.1) is 5.66 Å². The summed E-state index contributed by atoms with van der Waals surface area (Å²) in [5.74, 6) is 0. The maximum atomic E-state index is 11.8. The SMILES string of the molecule is CCC(CC)P(=O)(OF)OC#N. The van der Waals surface area contributed by atoms with Crippen molar-refractivity contribution in [3.8, 4) is 6.26 Å². The number of nitriles is 1. The first-order valence-electron chi connectivity index (χ1n) is 3.62. The zero-order valence-corrected chi connectivity index (χ0v) is 7.88. The van der Waals surface area contributed by atoms with E-state index in [1.165, 1.54) is 6.26 Å². The van der Waals surface area contributed by atoms with Crippen LogP contribution in [0.5, 0.6) is 0 Å². The second-order valence-electron chi connectivity index (χ2n) is 2.26. The Bertz CT molecular complexity index is 211. The largest absolute Gasteiger partial charge is 0.423 e. The first-order valence-corrected chi connectivity index (χ1v) is 5.23. The Morgan fingerprint density at radius 2 is 2.08 bits per heavy atom. The molecule has 0 rings (SSSR count). The average Bonchev–Trinajstić information content (AvgIpc) is 2.07. The zero-order chi connectivity index (χ0) is 9.61. The van der Waals surface area contributed by atoms with Gasteiger partial charge in [-0.1, -0.05) is 18.6 Å². The van der Waals surface area contributed by atoms with Gasteiger partial charge in [-0.3, -0.25) is 0 Å². The number of halogens is 1. The lowest BCUT2D eigenvalue weighted by Gasteiger charge is -2.16. The molecule has 0 aliphatic carbocycles. The van der Waals surface area contributed by atoms with E-state index in [0.29, 0.717) is 12.8 Å². The molecular weight excluding hydrogens is 184 g/mol. The second-order valence-corrected chi connectivity index (χ2v) is 4.39. The van der Waals surface area contributed by atoms with Gasteiger partial charge in [0, 0.05) is 0 Å². The molecule has 0 aliphatic heterocycles. The van der Waals surface area contributed by atoms with Gasteiger partial charge < -0.3 is 4.52 Å². The summed E-state index contributed by atoms with van der Waals surface area (Å²) >= 11 is 0. The zero-order valence-electron chi connectivity index (χ0n) is 6.99. The van der Waals surface area contributed by atoms with Crippen LogP contribution in [0.3, 0.4) is 0 Å². The fraction of sp³-hybridized carbons (Fsp3) is 0.833. The highest BCUT2D eigenvalue weighted by atomic mass is 31.2. The van der Waals surface area contributed by atoms with E-state index in [1.807, 2.05) is 0 Å². The van der Waals surface area contributed by atoms with Crippen LogP contribution < -0.4 is 0 Å². The minimum absolute atomic E-state index is 0.444. The van der Waals surface area contributed by atoms with E-state index in [-0.39, 0.29) is 0 Å². The Morgan fingerprint density at radius 3 is 2.33 bits per heavy atom. The number of hydrogen-bond acceptors (Lipinski definition) is 4. The predicted octanol–water partition coefficient (Wildman–Crippen LogP) is 2.77. The predicted molar refractivity (Wildman–Crippen MR) is 40.9 cm³/mol. The van der Waals surface area contributed by atoms with Crippen molar-refractivity contribution in [1.29, 1.82) is 5.26 Å². The van der Waals surface area contributed by atoms with Crippen molar-refractivity contribution in [2.24, 2.45) is 0 Å². The molecule has 0 radical (unpaired) electrons. The molecule has 1 atom stereocenters. The Hall–Kier alpha value is -0.590. The molecule has 0 fully saturated rings. The van der Waals surface area contributed by atoms with Crippen molar-refractivity contribution in [3.63, 3.8) is 0 Å². The summed E-state index contributed by atoms with van der Waals surface area (Å²) in [5, 5.41) is 8.08. The molecule has 0 amide bonds. The van der Waals surface area contributed by atoms with Crippen molar-refractivity contribution in [3.05, 3.63) is 0 Å². The molecule has 0 aliphatic rings. The highest BCUT2D eigenvalue weighted by Crippen LogP contribution is 2.55. The quantitative estimate of drug-likeness (QED) is 0.499. The Morgan fingerprint density at radius 1 is 1.58 bits per heavy atom. The van der Waals surface area contributed by atoms with Gasteiger partial charge in [-0.15, -0.1) is 5.26 Å². The summed E-state index contributed by atoms with van der Waals surface area (Å²) in [5.41, 5.74) is -0.554. The van der Waals surface area contributed by atoms with E-state index in [9.17, 15) is 9.09 Å². The molecule has 0 aromatic heterocycles. The fourth-order valence-electron chi connectivity index (χ4n) is 0.938. The first kappa shape index (κ1) is 11.4. The van der Waals surface area contributed by atoms with E-state index in [2.05, 4.69) is 9.25 Å². The highest BCUT2D eigenvalue weighted by Gasteiger charge is 2.36. The fourth-order valence-corrected chi connectivity index (χ4v) is 2.24. The van der Waals surface area contributed by atoms with Gasteiger partial charge in [-0.25, -0.2) is 4.57 Å². The van der Waals surface area contributed by atoms with E-state index < -0.39 is 13.3 Å². The Labute approximate surface area is 70.7 Å². The van der Waals surface area contributed by atoms with Gasteiger partial charge in [-0.05, 0) is 17.4 Å². The molecule has 0 aromatic carbocycles. The normalized spacial score (nSPS) is 15.2. The molecule has 0 saturated carbocycles. The minimum Gasteiger partial charge on any atom is -0.347 e. The monoisotopic (exact) mass is 195 g/mol. The molecular formula is C6H11FNO3P. The van der Waals surface area contributed by atoms with E-state index in [0.717, 1.165) is 0 Å². The Balaban J connectivity index is 4.50. The van der Waals surface area contributed by atoms with Crippen LogP contribution in [0.2, 0.25) is 0 Å². The third-order valence-electron chi connectivity index (χ3n) is 1.65. The maximum Gasteiger partial charge on any atom is 0.423 e. The number of hydrogen-bond donors (Lipinski definition) is 0. The van der Waals surface area contributed by atoms with Crippen molar-refractivity contribution in [2.45, 2.75) is 32.3 Å². The standard InChI is InChI=1S/C6H11FNO3P/c1-3-6(4-2)12(9,11-7)10-5-8/h6H,3-4H2,1-2H3. The average molecular weight is 195 g/mol. The summed E-state index contributed by atoms with van der Waals surface area (Å²) in [6.07, 6.45) is 2.07. The van der Waals surface area contributed by atoms with Crippen LogP contribution in [0.1, 0.15) is 26.7 Å². The molecule has 70 valence electrons. The van der Waals surface area contributed by atoms with Crippen molar-refractivity contribution in [2.75, 3.05) is 0 Å². The van der Waals surface area contributed by atoms with Gasteiger partial charge >= 0.3 is 7.60 Å². The molecule has 0 heterocycles. The molecule has 6 heteroatoms. The summed E-state index contributed by atoms with van der Waals surface area (Å²) in [6.45, 7) is 3.45. The van der Waals surface area contributed by atoms with Gasteiger partial charge in [-0.2, -0.15) is 0 Å². The van der Waals surface area contributed by atoms with Crippen molar-refractivity contribution in [1.82, 2.24) is 0 Å². The van der Waals surface area contributed by atoms with Crippen LogP contribution in [-0.4, -0.2) is 5.66 Å². The lowest BCUT2D eigenvalue weighted by atomic mass is 10.3. The van der Waals surface area contributed by atoms with Crippen LogP contribution in [0.4, 0.5) is 4.53 Å². The van der Waals surface area contributed by atoms with Crippen LogP contribution in [0.25, 0.3) is 0 Å². The number of nitrogens with zero attached hydrogens (tertiary/aromatic N) is 1. The topological polar surface area (TPSA) is 59.3 Å². The lowest BCUT2D eigenvalue weighted by Crippen LogP contribution is -2.07. The van der Waals surface area contributed by atoms with Crippen LogP contribution >= 0.6 is 7.60 Å². The molecule has 0 saturated heterocycles. The van der Waals surface area contributed by atoms with Crippen LogP contribution in [0, 0.1) is 11.5 Å². The van der Waals surface area contributed by atoms with E-state index in [4.69, 9.17) is 5.26 Å². The summed E-state index contributed by atoms with van der Waals surface area (Å²) in [4.78, 5) is 0. The summed E-state index contributed by atoms with van der Waals surface area (Å²) in [6, 6.07) is 0. The van der Waals surface area contributed by atoms with E-state index >= 15 is 0 Å². The summed E-state index contributed by atoms with van der Waals surface area (Å²) < 4.78 is 30.4. The summed E-state index contributed by atoms with van der Waals surface area (Å²) in [7, 11) is -3.84. The molecule has 0 aromatic rings. The molecule has 0 bridgehead atoms. The maximum absolute atomic E-state index is 11.8. The highest BCUT2D eigenvalue weighted by molar-refractivity contribution is 7.54. The minimum atomic E-state index is -3.84. The molecule has 1 unspecified atom stereocenters. The van der Waals surface area contributed by atoms with Gasteiger partial charge in [0.1, 0.15) is 0 Å². The lowest BCUT2D eigenvalue weighted by molar-refractivity contribution is -0.0219. The number of rotatable bonds is 5. The van der Waals surface area contributed by atoms with Gasteiger partial charge in [0.15, 0.2) is 0 Å². The van der Waals surface area contributed by atoms with Crippen molar-refractivity contribution < 1.29 is 18.3 Å². The third kappa shape index (κ3) is 2.47. The van der Waals surface area contributed by atoms with E-state index in [1.54, 1.807) is 13.8 Å². The van der Waals surface area contributed by atoms with Gasteiger partial charge in [0.2, 0.25) is 0 Å². The molecule has 12 heavy (non-hydrogen) atoms. The first-order chi connectivity index (χ1) is 5.64. The van der Waals surface area contributed by atoms with Crippen LogP contribution in [0.15, 0.2) is 0 Å². The molecule has 0 spiro atoms. The Kier molecular flexibility index (Phi) is 4.87. The van der Waals surface area contributed by atoms with Gasteiger partial charge in [0.25, 0.3) is 6.26 Å². The van der Waals surface area contributed by atoms with Crippen LogP contribution in [-0.2, 0) is 13.8 Å².